The number of para-hydroxylation sites is 1. The van der Waals surface area contributed by atoms with Crippen LogP contribution in [-0.4, -0.2) is 21.7 Å². The molecule has 0 bridgehead atoms. The molecule has 1 N–H and O–H groups in total. The van der Waals surface area contributed by atoms with Crippen molar-refractivity contribution in [3.63, 3.8) is 0 Å². The smallest absolute Gasteiger partial charge is 0.294 e. The lowest BCUT2D eigenvalue weighted by molar-refractivity contribution is -0.384. The van der Waals surface area contributed by atoms with Gasteiger partial charge in [-0.05, 0) is 35.8 Å². The quantitative estimate of drug-likeness (QED) is 0.327. The average Bonchev–Trinajstić information content (AvgIpc) is 3.09. The van der Waals surface area contributed by atoms with E-state index in [1.165, 1.54) is 29.2 Å². The highest BCUT2D eigenvalue weighted by Crippen LogP contribution is 2.42. The number of carbonyl (C=O) groups excluding carboxylic acids is 2. The Bertz CT molecular complexity index is 1310. The molecule has 0 aliphatic carbocycles. The van der Waals surface area contributed by atoms with Gasteiger partial charge in [0.2, 0.25) is 0 Å². The Kier molecular flexibility index (Phi) is 5.87. The molecule has 1 aliphatic rings. The summed E-state index contributed by atoms with van der Waals surface area (Å²) in [5, 5.41) is 22.1. The Labute approximate surface area is 190 Å². The molecular weight excluding hydrogens is 420 g/mol. The highest BCUT2D eigenvalue weighted by Gasteiger charge is 2.44. The number of anilines is 1. The van der Waals surface area contributed by atoms with Gasteiger partial charge in [0, 0.05) is 17.8 Å². The van der Waals surface area contributed by atoms with Gasteiger partial charge < -0.3 is 5.11 Å². The van der Waals surface area contributed by atoms with Crippen LogP contribution in [0.1, 0.15) is 22.7 Å². The van der Waals surface area contributed by atoms with Gasteiger partial charge in [0.25, 0.3) is 11.6 Å². The number of aryl methyl sites for hydroxylation is 1. The Hall–Kier alpha value is -4.52. The molecule has 33 heavy (non-hydrogen) atoms. The molecule has 3 aromatic carbocycles. The van der Waals surface area contributed by atoms with Crippen LogP contribution in [0.3, 0.4) is 0 Å². The lowest BCUT2D eigenvalue weighted by atomic mass is 9.94. The van der Waals surface area contributed by atoms with Gasteiger partial charge in [-0.2, -0.15) is 0 Å². The van der Waals surface area contributed by atoms with Gasteiger partial charge in [0.05, 0.1) is 16.5 Å². The van der Waals surface area contributed by atoms with Gasteiger partial charge in [0.1, 0.15) is 0 Å². The average molecular weight is 440 g/mol. The van der Waals surface area contributed by atoms with E-state index in [1.807, 2.05) is 36.4 Å². The molecular formula is C26H20N2O5. The van der Waals surface area contributed by atoms with Crippen molar-refractivity contribution < 1.29 is 19.6 Å². The molecule has 4 rings (SSSR count). The van der Waals surface area contributed by atoms with E-state index in [2.05, 4.69) is 0 Å². The van der Waals surface area contributed by atoms with Crippen molar-refractivity contribution in [2.24, 2.45) is 0 Å². The molecule has 1 heterocycles. The van der Waals surface area contributed by atoms with Crippen LogP contribution in [0.25, 0.3) is 6.08 Å². The third kappa shape index (κ3) is 4.16. The molecule has 7 nitrogen and oxygen atoms in total. The van der Waals surface area contributed by atoms with E-state index < -0.39 is 28.4 Å². The SMILES string of the molecule is Cc1ccccc1N1C(=O)C(O)=C(C(=O)/C=C/c2ccccc2)[C@@H]1c1cccc([N+](=O)[O-])c1. The molecule has 0 unspecified atom stereocenters. The van der Waals surface area contributed by atoms with Gasteiger partial charge in [-0.1, -0.05) is 66.7 Å². The molecule has 1 atom stereocenters. The summed E-state index contributed by atoms with van der Waals surface area (Å²) in [6, 6.07) is 20.9. The number of nitro groups is 1. The largest absolute Gasteiger partial charge is 0.503 e. The second-order valence-corrected chi connectivity index (χ2v) is 7.59. The monoisotopic (exact) mass is 440 g/mol. The summed E-state index contributed by atoms with van der Waals surface area (Å²) in [5.41, 5.74) is 2.07. The molecule has 0 saturated heterocycles. The Morgan fingerprint density at radius 3 is 2.42 bits per heavy atom. The number of non-ortho nitro benzene ring substituents is 1. The zero-order valence-corrected chi connectivity index (χ0v) is 17.7. The maximum Gasteiger partial charge on any atom is 0.294 e. The third-order valence-electron chi connectivity index (χ3n) is 5.47. The number of ketones is 1. The van der Waals surface area contributed by atoms with Crippen molar-refractivity contribution in [3.8, 4) is 0 Å². The molecule has 0 fully saturated rings. The van der Waals surface area contributed by atoms with Gasteiger partial charge >= 0.3 is 0 Å². The highest BCUT2D eigenvalue weighted by atomic mass is 16.6. The number of rotatable bonds is 6. The van der Waals surface area contributed by atoms with Crippen LogP contribution in [0.5, 0.6) is 0 Å². The first-order valence-corrected chi connectivity index (χ1v) is 10.2. The lowest BCUT2D eigenvalue weighted by Gasteiger charge is -2.28. The molecule has 164 valence electrons. The van der Waals surface area contributed by atoms with Crippen LogP contribution in [0.15, 0.2) is 96.3 Å². The maximum atomic E-state index is 13.2. The molecule has 1 amide bonds. The molecule has 3 aromatic rings. The minimum atomic E-state index is -1.02. The number of hydrogen-bond donors (Lipinski definition) is 1. The maximum absolute atomic E-state index is 13.2. The van der Waals surface area contributed by atoms with Gasteiger partial charge in [-0.3, -0.25) is 24.6 Å². The standard InChI is InChI=1S/C26H20N2O5/c1-17-8-5-6-13-21(17)27-24(19-11-7-12-20(16-19)28(32)33)23(25(30)26(27)31)22(29)15-14-18-9-3-2-4-10-18/h2-16,24,30H,1H3/b15-14+/t24-/m0/s1. The second kappa shape index (κ2) is 8.92. The van der Waals surface area contributed by atoms with Gasteiger partial charge in [0.15, 0.2) is 11.5 Å². The van der Waals surface area contributed by atoms with E-state index in [-0.39, 0.29) is 11.3 Å². The summed E-state index contributed by atoms with van der Waals surface area (Å²) in [4.78, 5) is 38.5. The molecule has 0 aromatic heterocycles. The minimum absolute atomic E-state index is 0.129. The predicted molar refractivity (Wildman–Crippen MR) is 125 cm³/mol. The van der Waals surface area contributed by atoms with Crippen molar-refractivity contribution in [1.29, 1.82) is 0 Å². The number of amides is 1. The molecule has 0 saturated carbocycles. The number of hydrogen-bond acceptors (Lipinski definition) is 5. The zero-order valence-electron chi connectivity index (χ0n) is 17.7. The number of carbonyl (C=O) groups is 2. The Morgan fingerprint density at radius 1 is 1.03 bits per heavy atom. The summed E-state index contributed by atoms with van der Waals surface area (Å²) in [6.45, 7) is 1.80. The third-order valence-corrected chi connectivity index (χ3v) is 5.47. The normalized spacial score (nSPS) is 16.0. The first-order valence-electron chi connectivity index (χ1n) is 10.2. The van der Waals surface area contributed by atoms with Crippen LogP contribution in [-0.2, 0) is 9.59 Å². The number of allylic oxidation sites excluding steroid dienone is 1. The van der Waals surface area contributed by atoms with Crippen molar-refractivity contribution in [1.82, 2.24) is 0 Å². The molecule has 7 heteroatoms. The first kappa shape index (κ1) is 21.7. The van der Waals surface area contributed by atoms with E-state index in [0.717, 1.165) is 11.1 Å². The number of nitro benzene ring substituents is 1. The Balaban J connectivity index is 1.84. The zero-order chi connectivity index (χ0) is 23.5. The molecule has 1 aliphatic heterocycles. The summed E-state index contributed by atoms with van der Waals surface area (Å²) in [5.74, 6) is -1.97. The van der Waals surface area contributed by atoms with Crippen molar-refractivity contribution in [2.75, 3.05) is 4.90 Å². The second-order valence-electron chi connectivity index (χ2n) is 7.59. The highest BCUT2D eigenvalue weighted by molar-refractivity contribution is 6.20. The number of benzene rings is 3. The van der Waals surface area contributed by atoms with E-state index in [0.29, 0.717) is 11.3 Å². The first-order chi connectivity index (χ1) is 15.9. The van der Waals surface area contributed by atoms with E-state index >= 15 is 0 Å². The van der Waals surface area contributed by atoms with Gasteiger partial charge in [-0.15, -0.1) is 0 Å². The summed E-state index contributed by atoms with van der Waals surface area (Å²) in [6.07, 6.45) is 2.88. The summed E-state index contributed by atoms with van der Waals surface area (Å²) < 4.78 is 0. The van der Waals surface area contributed by atoms with E-state index in [4.69, 9.17) is 0 Å². The number of aliphatic hydroxyl groups excluding tert-OH is 1. The van der Waals surface area contributed by atoms with Gasteiger partial charge in [-0.25, -0.2) is 0 Å². The van der Waals surface area contributed by atoms with Crippen molar-refractivity contribution >= 4 is 29.1 Å². The summed E-state index contributed by atoms with van der Waals surface area (Å²) >= 11 is 0. The van der Waals surface area contributed by atoms with Crippen LogP contribution in [0.2, 0.25) is 0 Å². The minimum Gasteiger partial charge on any atom is -0.503 e. The van der Waals surface area contributed by atoms with Crippen LogP contribution < -0.4 is 4.90 Å². The van der Waals surface area contributed by atoms with E-state index in [1.54, 1.807) is 37.3 Å². The topological polar surface area (TPSA) is 101 Å². The fraction of sp³-hybridized carbons (Fsp3) is 0.0769. The number of aliphatic hydroxyl groups is 1. The van der Waals surface area contributed by atoms with E-state index in [9.17, 15) is 24.8 Å². The predicted octanol–water partition coefficient (Wildman–Crippen LogP) is 5.09. The van der Waals surface area contributed by atoms with Crippen LogP contribution in [0.4, 0.5) is 11.4 Å². The Morgan fingerprint density at radius 2 is 1.73 bits per heavy atom. The fourth-order valence-electron chi connectivity index (χ4n) is 3.89. The van der Waals surface area contributed by atoms with Crippen molar-refractivity contribution in [3.05, 3.63) is 123 Å². The fourth-order valence-corrected chi connectivity index (χ4v) is 3.89. The molecule has 0 spiro atoms. The van der Waals surface area contributed by atoms with Crippen molar-refractivity contribution in [2.45, 2.75) is 13.0 Å². The van der Waals surface area contributed by atoms with Crippen LogP contribution in [0, 0.1) is 17.0 Å². The lowest BCUT2D eigenvalue weighted by Crippen LogP contribution is -2.31. The molecule has 0 radical (unpaired) electrons. The van der Waals surface area contributed by atoms with Crippen LogP contribution >= 0.6 is 0 Å². The number of nitrogens with zero attached hydrogens (tertiary/aromatic N) is 2. The summed E-state index contributed by atoms with van der Waals surface area (Å²) in [7, 11) is 0.